The van der Waals surface area contributed by atoms with Crippen molar-refractivity contribution in [2.75, 3.05) is 6.54 Å². The summed E-state index contributed by atoms with van der Waals surface area (Å²) in [5, 5.41) is 3.23. The van der Waals surface area contributed by atoms with Crippen LogP contribution in [0.5, 0.6) is 0 Å². The highest BCUT2D eigenvalue weighted by atomic mass is 35.5. The van der Waals surface area contributed by atoms with Crippen molar-refractivity contribution in [1.82, 2.24) is 5.32 Å². The first-order valence-corrected chi connectivity index (χ1v) is 5.91. The molecule has 0 saturated carbocycles. The van der Waals surface area contributed by atoms with Crippen LogP contribution in [0, 0.1) is 11.6 Å². The van der Waals surface area contributed by atoms with Gasteiger partial charge in [0.15, 0.2) is 11.6 Å². The van der Waals surface area contributed by atoms with Crippen molar-refractivity contribution in [2.45, 2.75) is 31.7 Å². The molecule has 1 saturated heterocycles. The van der Waals surface area contributed by atoms with E-state index in [1.807, 2.05) is 0 Å². The zero-order chi connectivity index (χ0) is 11.5. The van der Waals surface area contributed by atoms with Crippen molar-refractivity contribution in [3.8, 4) is 0 Å². The Bertz CT molecular complexity index is 352. The molecule has 1 aliphatic heterocycles. The van der Waals surface area contributed by atoms with Crippen molar-refractivity contribution >= 4 is 11.6 Å². The van der Waals surface area contributed by atoms with Crippen LogP contribution in [0.3, 0.4) is 0 Å². The van der Waals surface area contributed by atoms with Gasteiger partial charge in [0.2, 0.25) is 0 Å². The summed E-state index contributed by atoms with van der Waals surface area (Å²) in [4.78, 5) is 0. The molecule has 1 nitrogen and oxygen atoms in total. The van der Waals surface area contributed by atoms with Crippen molar-refractivity contribution in [1.29, 1.82) is 0 Å². The first-order chi connectivity index (χ1) is 7.66. The fraction of sp³-hybridized carbons (Fsp3) is 0.500. The van der Waals surface area contributed by atoms with Gasteiger partial charge in [0.05, 0.1) is 5.02 Å². The average molecular weight is 246 g/mol. The number of benzene rings is 1. The van der Waals surface area contributed by atoms with Gasteiger partial charge >= 0.3 is 0 Å². The Balaban J connectivity index is 2.09. The smallest absolute Gasteiger partial charge is 0.177 e. The van der Waals surface area contributed by atoms with E-state index in [2.05, 4.69) is 5.32 Å². The van der Waals surface area contributed by atoms with Crippen LogP contribution in [-0.4, -0.2) is 12.6 Å². The van der Waals surface area contributed by atoms with Crippen LogP contribution in [0.25, 0.3) is 0 Å². The van der Waals surface area contributed by atoms with Gasteiger partial charge in [-0.15, -0.1) is 0 Å². The van der Waals surface area contributed by atoms with Crippen LogP contribution in [0.1, 0.15) is 24.8 Å². The number of hydrogen-bond donors (Lipinski definition) is 1. The summed E-state index contributed by atoms with van der Waals surface area (Å²) in [6.07, 6.45) is 4.16. The van der Waals surface area contributed by atoms with E-state index in [-0.39, 0.29) is 5.02 Å². The predicted octanol–water partition coefficient (Wildman–Crippen LogP) is 3.30. The number of piperidine rings is 1. The van der Waals surface area contributed by atoms with E-state index in [9.17, 15) is 8.78 Å². The zero-order valence-electron chi connectivity index (χ0n) is 8.90. The molecule has 1 heterocycles. The molecule has 1 N–H and O–H groups in total. The molecule has 88 valence electrons. The molecular formula is C12H14ClF2N. The Hall–Kier alpha value is -0.670. The minimum Gasteiger partial charge on any atom is -0.314 e. The minimum absolute atomic E-state index is 0.134. The second-order valence-electron chi connectivity index (χ2n) is 4.22. The Labute approximate surface area is 98.8 Å². The summed E-state index contributed by atoms with van der Waals surface area (Å²) in [7, 11) is 0. The van der Waals surface area contributed by atoms with E-state index < -0.39 is 11.6 Å². The van der Waals surface area contributed by atoms with Gasteiger partial charge in [-0.2, -0.15) is 0 Å². The lowest BCUT2D eigenvalue weighted by Gasteiger charge is -2.23. The zero-order valence-corrected chi connectivity index (χ0v) is 9.66. The average Bonchev–Trinajstić information content (AvgIpc) is 2.27. The topological polar surface area (TPSA) is 12.0 Å². The van der Waals surface area contributed by atoms with Gasteiger partial charge in [0, 0.05) is 6.04 Å². The van der Waals surface area contributed by atoms with Crippen molar-refractivity contribution < 1.29 is 8.78 Å². The van der Waals surface area contributed by atoms with Crippen molar-refractivity contribution in [3.63, 3.8) is 0 Å². The van der Waals surface area contributed by atoms with Crippen LogP contribution in [-0.2, 0) is 6.42 Å². The highest BCUT2D eigenvalue weighted by Crippen LogP contribution is 2.21. The van der Waals surface area contributed by atoms with Gasteiger partial charge in [-0.25, -0.2) is 8.78 Å². The van der Waals surface area contributed by atoms with Crippen LogP contribution < -0.4 is 5.32 Å². The quantitative estimate of drug-likeness (QED) is 0.789. The molecule has 0 radical (unpaired) electrons. The second-order valence-corrected chi connectivity index (χ2v) is 4.63. The number of rotatable bonds is 2. The molecule has 16 heavy (non-hydrogen) atoms. The number of hydrogen-bond acceptors (Lipinski definition) is 1. The monoisotopic (exact) mass is 245 g/mol. The molecule has 0 aliphatic carbocycles. The van der Waals surface area contributed by atoms with Gasteiger partial charge < -0.3 is 5.32 Å². The Morgan fingerprint density at radius 3 is 2.75 bits per heavy atom. The van der Waals surface area contributed by atoms with E-state index in [4.69, 9.17) is 11.6 Å². The second kappa shape index (κ2) is 5.11. The molecular weight excluding hydrogens is 232 g/mol. The molecule has 0 amide bonds. The Morgan fingerprint density at radius 1 is 1.31 bits per heavy atom. The van der Waals surface area contributed by atoms with E-state index in [0.717, 1.165) is 18.5 Å². The van der Waals surface area contributed by atoms with E-state index in [0.29, 0.717) is 12.5 Å². The summed E-state index contributed by atoms with van der Waals surface area (Å²) in [5.41, 5.74) is 0.753. The van der Waals surface area contributed by atoms with Gasteiger partial charge in [0.1, 0.15) is 0 Å². The summed E-state index contributed by atoms with van der Waals surface area (Å²) < 4.78 is 26.1. The van der Waals surface area contributed by atoms with Crippen LogP contribution in [0.15, 0.2) is 12.1 Å². The van der Waals surface area contributed by atoms with Gasteiger partial charge in [-0.05, 0) is 43.5 Å². The van der Waals surface area contributed by atoms with E-state index >= 15 is 0 Å². The molecule has 0 aromatic heterocycles. The molecule has 1 aromatic carbocycles. The lowest BCUT2D eigenvalue weighted by molar-refractivity contribution is 0.398. The Morgan fingerprint density at radius 2 is 2.12 bits per heavy atom. The number of nitrogens with one attached hydrogen (secondary N) is 1. The molecule has 0 bridgehead atoms. The van der Waals surface area contributed by atoms with Crippen molar-refractivity contribution in [2.24, 2.45) is 0 Å². The summed E-state index contributed by atoms with van der Waals surface area (Å²) >= 11 is 5.60. The lowest BCUT2D eigenvalue weighted by atomic mass is 9.98. The molecule has 2 rings (SSSR count). The third-order valence-corrected chi connectivity index (χ3v) is 3.21. The highest BCUT2D eigenvalue weighted by Gasteiger charge is 2.15. The van der Waals surface area contributed by atoms with E-state index in [1.165, 1.54) is 25.0 Å². The maximum Gasteiger partial charge on any atom is 0.177 e. The predicted molar refractivity (Wildman–Crippen MR) is 60.7 cm³/mol. The first-order valence-electron chi connectivity index (χ1n) is 5.53. The van der Waals surface area contributed by atoms with Gasteiger partial charge in [0.25, 0.3) is 0 Å². The fourth-order valence-electron chi connectivity index (χ4n) is 2.11. The Kier molecular flexibility index (Phi) is 3.77. The minimum atomic E-state index is -0.956. The molecule has 1 aromatic rings. The largest absolute Gasteiger partial charge is 0.314 e. The van der Waals surface area contributed by atoms with Crippen LogP contribution >= 0.6 is 11.6 Å². The van der Waals surface area contributed by atoms with Crippen LogP contribution in [0.4, 0.5) is 8.78 Å². The summed E-state index contributed by atoms with van der Waals surface area (Å²) in [5.74, 6) is -1.82. The van der Waals surface area contributed by atoms with Crippen molar-refractivity contribution in [3.05, 3.63) is 34.4 Å². The van der Waals surface area contributed by atoms with Gasteiger partial charge in [-0.3, -0.25) is 0 Å². The molecule has 0 spiro atoms. The lowest BCUT2D eigenvalue weighted by Crippen LogP contribution is -2.35. The standard InChI is InChI=1S/C12H14ClF2N/c13-10-6-8(7-11(14)12(10)15)5-9-3-1-2-4-16-9/h6-7,9,16H,1-5H2. The molecule has 1 unspecified atom stereocenters. The summed E-state index contributed by atoms with van der Waals surface area (Å²) in [6, 6.07) is 3.10. The maximum absolute atomic E-state index is 13.1. The molecule has 4 heteroatoms. The van der Waals surface area contributed by atoms with Crippen LogP contribution in [0.2, 0.25) is 5.02 Å². The van der Waals surface area contributed by atoms with E-state index in [1.54, 1.807) is 0 Å². The molecule has 1 aliphatic rings. The molecule has 1 atom stereocenters. The number of halogens is 3. The normalized spacial score (nSPS) is 21.1. The molecule has 1 fully saturated rings. The highest BCUT2D eigenvalue weighted by molar-refractivity contribution is 6.30. The third-order valence-electron chi connectivity index (χ3n) is 2.94. The summed E-state index contributed by atoms with van der Waals surface area (Å²) in [6.45, 7) is 1.00. The SMILES string of the molecule is Fc1cc(CC2CCCCN2)cc(Cl)c1F. The van der Waals surface area contributed by atoms with Gasteiger partial charge in [-0.1, -0.05) is 18.0 Å². The maximum atomic E-state index is 13.1. The first kappa shape index (κ1) is 11.8. The fourth-order valence-corrected chi connectivity index (χ4v) is 2.34. The third kappa shape index (κ3) is 2.71.